The molecule has 2 fully saturated rings. The molecule has 1 aromatic carbocycles. The number of hydrogen-bond acceptors (Lipinski definition) is 2. The van der Waals surface area contributed by atoms with Gasteiger partial charge in [-0.05, 0) is 43.0 Å². The van der Waals surface area contributed by atoms with Crippen LogP contribution in [0.1, 0.15) is 24.3 Å². The molecule has 3 atom stereocenters. The SMILES string of the molecule is Cl.O=C(NC1CCNC1)C1CC1c1ccc(F)c(F)c1. The van der Waals surface area contributed by atoms with E-state index in [-0.39, 0.29) is 36.2 Å². The van der Waals surface area contributed by atoms with E-state index in [9.17, 15) is 13.6 Å². The molecule has 1 aliphatic carbocycles. The molecule has 1 aliphatic heterocycles. The number of nitrogens with one attached hydrogen (secondary N) is 2. The van der Waals surface area contributed by atoms with Crippen LogP contribution in [0.2, 0.25) is 0 Å². The van der Waals surface area contributed by atoms with E-state index in [4.69, 9.17) is 0 Å². The second kappa shape index (κ2) is 6.06. The molecule has 1 amide bonds. The third-order valence-corrected chi connectivity index (χ3v) is 3.91. The highest BCUT2D eigenvalue weighted by molar-refractivity contribution is 5.85. The normalized spacial score (nSPS) is 27.8. The maximum absolute atomic E-state index is 13.1. The molecule has 3 rings (SSSR count). The van der Waals surface area contributed by atoms with Gasteiger partial charge in [0.2, 0.25) is 5.91 Å². The van der Waals surface area contributed by atoms with Crippen molar-refractivity contribution < 1.29 is 13.6 Å². The van der Waals surface area contributed by atoms with Gasteiger partial charge in [-0.3, -0.25) is 4.79 Å². The predicted octanol–water partition coefficient (Wildman–Crippen LogP) is 1.97. The molecule has 0 bridgehead atoms. The summed E-state index contributed by atoms with van der Waals surface area (Å²) in [4.78, 5) is 12.0. The summed E-state index contributed by atoms with van der Waals surface area (Å²) in [5, 5.41) is 6.18. The number of amides is 1. The van der Waals surface area contributed by atoms with E-state index in [1.165, 1.54) is 6.07 Å². The van der Waals surface area contributed by atoms with E-state index in [0.717, 1.165) is 32.0 Å². The summed E-state index contributed by atoms with van der Waals surface area (Å²) in [5.41, 5.74) is 0.712. The van der Waals surface area contributed by atoms with E-state index < -0.39 is 11.6 Å². The van der Waals surface area contributed by atoms with E-state index in [1.807, 2.05) is 0 Å². The minimum Gasteiger partial charge on any atom is -0.352 e. The van der Waals surface area contributed by atoms with Crippen LogP contribution >= 0.6 is 12.4 Å². The van der Waals surface area contributed by atoms with Gasteiger partial charge >= 0.3 is 0 Å². The van der Waals surface area contributed by atoms with Crippen molar-refractivity contribution in [3.63, 3.8) is 0 Å². The molecule has 1 saturated carbocycles. The summed E-state index contributed by atoms with van der Waals surface area (Å²) in [6.07, 6.45) is 1.67. The number of rotatable bonds is 3. The smallest absolute Gasteiger partial charge is 0.224 e. The third kappa shape index (κ3) is 3.10. The van der Waals surface area contributed by atoms with Crippen LogP contribution in [-0.2, 0) is 4.79 Å². The highest BCUT2D eigenvalue weighted by Crippen LogP contribution is 2.47. The Morgan fingerprint density at radius 1 is 1.30 bits per heavy atom. The Hall–Kier alpha value is -1.20. The van der Waals surface area contributed by atoms with Crippen LogP contribution in [-0.4, -0.2) is 25.0 Å². The van der Waals surface area contributed by atoms with Gasteiger partial charge in [-0.2, -0.15) is 0 Å². The fourth-order valence-corrected chi connectivity index (χ4v) is 2.68. The monoisotopic (exact) mass is 302 g/mol. The van der Waals surface area contributed by atoms with Gasteiger partial charge in [0.15, 0.2) is 11.6 Å². The Balaban J connectivity index is 0.00000147. The third-order valence-electron chi connectivity index (χ3n) is 3.91. The zero-order chi connectivity index (χ0) is 13.4. The van der Waals surface area contributed by atoms with Crippen molar-refractivity contribution >= 4 is 18.3 Å². The Kier molecular flexibility index (Phi) is 4.60. The summed E-state index contributed by atoms with van der Waals surface area (Å²) in [7, 11) is 0. The largest absolute Gasteiger partial charge is 0.352 e. The van der Waals surface area contributed by atoms with E-state index in [0.29, 0.717) is 5.56 Å². The van der Waals surface area contributed by atoms with E-state index in [1.54, 1.807) is 6.07 Å². The number of benzene rings is 1. The van der Waals surface area contributed by atoms with Gasteiger partial charge in [0, 0.05) is 18.5 Å². The molecule has 0 radical (unpaired) electrons. The van der Waals surface area contributed by atoms with Crippen molar-refractivity contribution in [3.8, 4) is 0 Å². The lowest BCUT2D eigenvalue weighted by molar-refractivity contribution is -0.123. The Morgan fingerprint density at radius 3 is 2.75 bits per heavy atom. The first-order valence-electron chi connectivity index (χ1n) is 6.61. The van der Waals surface area contributed by atoms with Crippen molar-refractivity contribution in [2.45, 2.75) is 24.8 Å². The molecule has 2 N–H and O–H groups in total. The van der Waals surface area contributed by atoms with Gasteiger partial charge in [0.1, 0.15) is 0 Å². The molecule has 110 valence electrons. The van der Waals surface area contributed by atoms with Gasteiger partial charge in [0.05, 0.1) is 0 Å². The maximum atomic E-state index is 13.1. The Morgan fingerprint density at radius 2 is 2.10 bits per heavy atom. The first kappa shape index (κ1) is 15.2. The average Bonchev–Trinajstić information content (AvgIpc) is 3.04. The molecule has 20 heavy (non-hydrogen) atoms. The fourth-order valence-electron chi connectivity index (χ4n) is 2.68. The van der Waals surface area contributed by atoms with Gasteiger partial charge in [-0.15, -0.1) is 12.4 Å². The van der Waals surface area contributed by atoms with Gasteiger partial charge in [0.25, 0.3) is 0 Å². The van der Waals surface area contributed by atoms with Crippen LogP contribution in [0.25, 0.3) is 0 Å². The summed E-state index contributed by atoms with van der Waals surface area (Å²) in [6.45, 7) is 1.75. The van der Waals surface area contributed by atoms with Crippen LogP contribution in [0, 0.1) is 17.6 Å². The predicted molar refractivity (Wildman–Crippen MR) is 73.9 cm³/mol. The van der Waals surface area contributed by atoms with E-state index in [2.05, 4.69) is 10.6 Å². The lowest BCUT2D eigenvalue weighted by atomic mass is 10.1. The molecule has 6 heteroatoms. The van der Waals surface area contributed by atoms with Crippen molar-refractivity contribution in [1.29, 1.82) is 0 Å². The standard InChI is InChI=1S/C14H16F2N2O.ClH/c15-12-2-1-8(5-13(12)16)10-6-11(10)14(19)18-9-3-4-17-7-9;/h1-2,5,9-11,17H,3-4,6-7H2,(H,18,19);1H. The minimum atomic E-state index is -0.845. The number of halogens is 3. The minimum absolute atomic E-state index is 0. The summed E-state index contributed by atoms with van der Waals surface area (Å²) in [6, 6.07) is 4.09. The number of carbonyl (C=O) groups is 1. The van der Waals surface area contributed by atoms with Crippen molar-refractivity contribution in [2.75, 3.05) is 13.1 Å². The molecule has 0 aromatic heterocycles. The quantitative estimate of drug-likeness (QED) is 0.896. The molecule has 3 nitrogen and oxygen atoms in total. The first-order valence-corrected chi connectivity index (χ1v) is 6.61. The second-order valence-electron chi connectivity index (χ2n) is 5.32. The van der Waals surface area contributed by atoms with Crippen LogP contribution < -0.4 is 10.6 Å². The maximum Gasteiger partial charge on any atom is 0.224 e. The van der Waals surface area contributed by atoms with Crippen molar-refractivity contribution in [2.24, 2.45) is 5.92 Å². The zero-order valence-electron chi connectivity index (χ0n) is 10.9. The lowest BCUT2D eigenvalue weighted by Crippen LogP contribution is -2.37. The average molecular weight is 303 g/mol. The van der Waals surface area contributed by atoms with Crippen LogP contribution in [0.4, 0.5) is 8.78 Å². The highest BCUT2D eigenvalue weighted by Gasteiger charge is 2.44. The van der Waals surface area contributed by atoms with Crippen molar-refractivity contribution in [3.05, 3.63) is 35.4 Å². The topological polar surface area (TPSA) is 41.1 Å². The first-order chi connectivity index (χ1) is 9.15. The van der Waals surface area contributed by atoms with Crippen LogP contribution in [0.15, 0.2) is 18.2 Å². The van der Waals surface area contributed by atoms with Gasteiger partial charge in [-0.1, -0.05) is 6.07 Å². The Bertz CT molecular complexity index is 506. The van der Waals surface area contributed by atoms with E-state index >= 15 is 0 Å². The molecular weight excluding hydrogens is 286 g/mol. The summed E-state index contributed by atoms with van der Waals surface area (Å²) in [5.74, 6) is -1.72. The molecule has 2 aliphatic rings. The highest BCUT2D eigenvalue weighted by atomic mass is 35.5. The summed E-state index contributed by atoms with van der Waals surface area (Å²) >= 11 is 0. The second-order valence-corrected chi connectivity index (χ2v) is 5.32. The molecular formula is C14H17ClF2N2O. The van der Waals surface area contributed by atoms with Crippen LogP contribution in [0.5, 0.6) is 0 Å². The zero-order valence-corrected chi connectivity index (χ0v) is 11.7. The molecule has 0 spiro atoms. The van der Waals surface area contributed by atoms with Crippen molar-refractivity contribution in [1.82, 2.24) is 10.6 Å². The van der Waals surface area contributed by atoms with Gasteiger partial charge in [-0.25, -0.2) is 8.78 Å². The molecule has 1 aromatic rings. The molecule has 1 heterocycles. The van der Waals surface area contributed by atoms with Crippen LogP contribution in [0.3, 0.4) is 0 Å². The number of hydrogen-bond donors (Lipinski definition) is 2. The number of carbonyl (C=O) groups excluding carboxylic acids is 1. The summed E-state index contributed by atoms with van der Waals surface area (Å²) < 4.78 is 26.0. The fraction of sp³-hybridized carbons (Fsp3) is 0.500. The van der Waals surface area contributed by atoms with Gasteiger partial charge < -0.3 is 10.6 Å². The lowest BCUT2D eigenvalue weighted by Gasteiger charge is -2.11. The molecule has 1 saturated heterocycles. The Labute approximate surface area is 122 Å². The molecule has 3 unspecified atom stereocenters.